The zero-order chi connectivity index (χ0) is 28.6. The van der Waals surface area contributed by atoms with Crippen molar-refractivity contribution >= 4 is 11.9 Å². The van der Waals surface area contributed by atoms with Crippen molar-refractivity contribution in [2.24, 2.45) is 23.7 Å². The van der Waals surface area contributed by atoms with Gasteiger partial charge in [0.15, 0.2) is 6.10 Å². The first-order chi connectivity index (χ1) is 18.4. The highest BCUT2D eigenvalue weighted by Crippen LogP contribution is 2.56. The number of aliphatic hydroxyl groups is 3. The summed E-state index contributed by atoms with van der Waals surface area (Å²) in [6.07, 6.45) is -1.05. The third-order valence-corrected chi connectivity index (χ3v) is 9.12. The summed E-state index contributed by atoms with van der Waals surface area (Å²) >= 11 is 0. The number of hydrogen-bond acceptors (Lipinski definition) is 9. The summed E-state index contributed by atoms with van der Waals surface area (Å²) in [7, 11) is 1.44. The van der Waals surface area contributed by atoms with E-state index in [1.807, 2.05) is 19.9 Å². The fraction of sp³-hybridized carbons (Fsp3) is 0.724. The van der Waals surface area contributed by atoms with E-state index in [-0.39, 0.29) is 29.9 Å². The summed E-state index contributed by atoms with van der Waals surface area (Å²) in [6, 6.07) is 3.31. The van der Waals surface area contributed by atoms with Crippen molar-refractivity contribution in [2.45, 2.75) is 102 Å². The number of aliphatic hydroxyl groups excluding tert-OH is 3. The molecule has 2 fully saturated rings. The van der Waals surface area contributed by atoms with Crippen LogP contribution in [0.1, 0.15) is 64.4 Å². The second-order valence-electron chi connectivity index (χ2n) is 11.7. The van der Waals surface area contributed by atoms with Crippen molar-refractivity contribution in [1.29, 1.82) is 0 Å². The Hall–Kier alpha value is -2.24. The van der Waals surface area contributed by atoms with E-state index in [1.54, 1.807) is 39.1 Å². The van der Waals surface area contributed by atoms with Gasteiger partial charge in [-0.1, -0.05) is 19.9 Å². The van der Waals surface area contributed by atoms with Crippen molar-refractivity contribution in [3.8, 4) is 0 Å². The Morgan fingerprint density at radius 2 is 1.92 bits per heavy atom. The van der Waals surface area contributed by atoms with E-state index in [1.165, 1.54) is 7.11 Å². The van der Waals surface area contributed by atoms with Gasteiger partial charge in [-0.25, -0.2) is 9.59 Å². The number of carbonyl (C=O) groups excluding carboxylic acids is 2. The van der Waals surface area contributed by atoms with Crippen LogP contribution in [0.3, 0.4) is 0 Å². The Bertz CT molecular complexity index is 1040. The lowest BCUT2D eigenvalue weighted by Gasteiger charge is -2.44. The van der Waals surface area contributed by atoms with Gasteiger partial charge < -0.3 is 39.3 Å². The van der Waals surface area contributed by atoms with Crippen LogP contribution in [-0.2, 0) is 23.7 Å². The molecular weight excluding hydrogens is 506 g/mol. The molecule has 1 spiro atoms. The topological polar surface area (TPSA) is 148 Å². The molecule has 218 valence electrons. The lowest BCUT2D eigenvalue weighted by Crippen LogP contribution is -2.49. The zero-order valence-electron chi connectivity index (χ0n) is 23.6. The molecule has 1 aliphatic carbocycles. The average Bonchev–Trinajstić information content (AvgIpc) is 3.54. The van der Waals surface area contributed by atoms with Gasteiger partial charge in [0.05, 0.1) is 23.9 Å². The lowest BCUT2D eigenvalue weighted by atomic mass is 9.65. The number of fused-ring (bicyclic) bond motifs is 1. The number of aromatic amines is 1. The van der Waals surface area contributed by atoms with Gasteiger partial charge in [0.2, 0.25) is 0 Å². The number of methoxy groups -OCH3 is 1. The van der Waals surface area contributed by atoms with Gasteiger partial charge in [-0.05, 0) is 63.7 Å². The number of aromatic nitrogens is 1. The molecule has 4 rings (SSSR count). The first-order valence-electron chi connectivity index (χ1n) is 13.9. The fourth-order valence-electron chi connectivity index (χ4n) is 6.72. The standard InChI is InChI=1S/C29H43NO9/c1-14-10-15(2)29-13-20(22(33)11-19(29)12-23(36-6)28(35)37-24(14)18(5)32)26(39-29)25(16(3)17(4)31)38-27(34)21-8-7-9-30-21/h7-10,14,16-20,22-26,30-33H,11-13H2,1-6H3/b15-10+/t14-,16-,17+,18-,19-,20+,22+,23+,24+,25-,26-,29+/m1/s1. The van der Waals surface area contributed by atoms with Crippen molar-refractivity contribution in [2.75, 3.05) is 7.11 Å². The predicted molar refractivity (Wildman–Crippen MR) is 141 cm³/mol. The van der Waals surface area contributed by atoms with Gasteiger partial charge in [-0.2, -0.15) is 0 Å². The molecule has 4 N–H and O–H groups in total. The summed E-state index contributed by atoms with van der Waals surface area (Å²) in [5, 5.41) is 32.3. The van der Waals surface area contributed by atoms with Crippen molar-refractivity contribution in [1.82, 2.24) is 4.98 Å². The second-order valence-corrected chi connectivity index (χ2v) is 11.7. The molecule has 0 radical (unpaired) electrons. The molecule has 39 heavy (non-hydrogen) atoms. The number of hydrogen-bond donors (Lipinski definition) is 4. The zero-order valence-corrected chi connectivity index (χ0v) is 23.6. The van der Waals surface area contributed by atoms with Gasteiger partial charge in [0.25, 0.3) is 0 Å². The molecule has 1 saturated carbocycles. The van der Waals surface area contributed by atoms with Crippen LogP contribution in [0.5, 0.6) is 0 Å². The summed E-state index contributed by atoms with van der Waals surface area (Å²) in [4.78, 5) is 28.9. The molecule has 0 aromatic carbocycles. The largest absolute Gasteiger partial charge is 0.457 e. The van der Waals surface area contributed by atoms with Crippen LogP contribution in [0.15, 0.2) is 30.0 Å². The normalized spacial score (nSPS) is 39.4. The van der Waals surface area contributed by atoms with Gasteiger partial charge in [-0.15, -0.1) is 0 Å². The van der Waals surface area contributed by atoms with Crippen molar-refractivity contribution < 1.29 is 43.9 Å². The molecule has 3 heterocycles. The second kappa shape index (κ2) is 11.7. The third-order valence-electron chi connectivity index (χ3n) is 9.12. The maximum absolute atomic E-state index is 13.1. The highest BCUT2D eigenvalue weighted by molar-refractivity contribution is 5.87. The SMILES string of the molecule is CO[C@H]1C[C@H]2C[C@H](O)[C@@H]3C[C@]2(O[C@H]3[C@H](OC(=O)c2ccc[nH]2)[C@H](C)[C@H](C)O)/C(C)=C/[C@@H](C)[C@@H]([C@@H](C)O)OC1=O. The fourth-order valence-corrected chi connectivity index (χ4v) is 6.72. The third kappa shape index (κ3) is 5.67. The quantitative estimate of drug-likeness (QED) is 0.297. The molecular formula is C29H43NO9. The molecule has 10 heteroatoms. The molecule has 0 amide bonds. The van der Waals surface area contributed by atoms with Gasteiger partial charge >= 0.3 is 11.9 Å². The van der Waals surface area contributed by atoms with Crippen LogP contribution in [-0.4, -0.2) is 87.7 Å². The van der Waals surface area contributed by atoms with E-state index in [0.29, 0.717) is 12.8 Å². The minimum absolute atomic E-state index is 0.247. The minimum Gasteiger partial charge on any atom is -0.457 e. The molecule has 1 saturated heterocycles. The van der Waals surface area contributed by atoms with E-state index in [2.05, 4.69) is 4.98 Å². The van der Waals surface area contributed by atoms with Gasteiger partial charge in [0.1, 0.15) is 24.0 Å². The molecule has 10 nitrogen and oxygen atoms in total. The molecule has 2 bridgehead atoms. The molecule has 0 unspecified atom stereocenters. The molecule has 1 aromatic heterocycles. The summed E-state index contributed by atoms with van der Waals surface area (Å²) in [6.45, 7) is 8.86. The Labute approximate surface area is 229 Å². The number of nitrogens with one attached hydrogen (secondary N) is 1. The monoisotopic (exact) mass is 549 g/mol. The van der Waals surface area contributed by atoms with E-state index < -0.39 is 66.2 Å². The van der Waals surface area contributed by atoms with Crippen LogP contribution < -0.4 is 0 Å². The van der Waals surface area contributed by atoms with Crippen LogP contribution in [0.4, 0.5) is 0 Å². The summed E-state index contributed by atoms with van der Waals surface area (Å²) in [5.41, 5.74) is 0.317. The highest BCUT2D eigenvalue weighted by atomic mass is 16.6. The number of ether oxygens (including phenoxy) is 4. The lowest BCUT2D eigenvalue weighted by molar-refractivity contribution is -0.173. The van der Waals surface area contributed by atoms with E-state index in [4.69, 9.17) is 18.9 Å². The van der Waals surface area contributed by atoms with E-state index in [9.17, 15) is 24.9 Å². The predicted octanol–water partition coefficient (Wildman–Crippen LogP) is 2.38. The van der Waals surface area contributed by atoms with Gasteiger partial charge in [-0.3, -0.25) is 0 Å². The number of carbonyl (C=O) groups is 2. The first-order valence-corrected chi connectivity index (χ1v) is 13.9. The van der Waals surface area contributed by atoms with E-state index >= 15 is 0 Å². The van der Waals surface area contributed by atoms with E-state index in [0.717, 1.165) is 5.57 Å². The number of esters is 2. The number of cyclic esters (lactones) is 1. The molecule has 3 aliphatic rings. The Balaban J connectivity index is 1.76. The molecule has 1 aromatic rings. The number of rotatable bonds is 7. The highest BCUT2D eigenvalue weighted by Gasteiger charge is 2.61. The maximum Gasteiger partial charge on any atom is 0.355 e. The first kappa shape index (κ1) is 29.7. The Morgan fingerprint density at radius 1 is 1.21 bits per heavy atom. The van der Waals surface area contributed by atoms with Crippen LogP contribution in [0.25, 0.3) is 0 Å². The minimum atomic E-state index is -0.907. The van der Waals surface area contributed by atoms with Crippen LogP contribution in [0, 0.1) is 23.7 Å². The average molecular weight is 550 g/mol. The van der Waals surface area contributed by atoms with Crippen molar-refractivity contribution in [3.63, 3.8) is 0 Å². The Morgan fingerprint density at radius 3 is 2.51 bits per heavy atom. The summed E-state index contributed by atoms with van der Waals surface area (Å²) in [5.74, 6) is -2.61. The smallest absolute Gasteiger partial charge is 0.355 e. The maximum atomic E-state index is 13.1. The molecule has 2 aliphatic heterocycles. The van der Waals surface area contributed by atoms with Gasteiger partial charge in [0, 0.05) is 31.1 Å². The summed E-state index contributed by atoms with van der Waals surface area (Å²) < 4.78 is 24.1. The van der Waals surface area contributed by atoms with Crippen LogP contribution in [0.2, 0.25) is 0 Å². The number of H-pyrrole nitrogens is 1. The Kier molecular flexibility index (Phi) is 8.92. The van der Waals surface area contributed by atoms with Crippen molar-refractivity contribution in [3.05, 3.63) is 35.7 Å². The molecule has 12 atom stereocenters. The van der Waals surface area contributed by atoms with Crippen LogP contribution >= 0.6 is 0 Å².